The van der Waals surface area contributed by atoms with Gasteiger partial charge in [-0.25, -0.2) is 13.4 Å². The Hall–Kier alpha value is -4.13. The Labute approximate surface area is 185 Å². The number of alkyl halides is 3. The number of nitrogens with one attached hydrogen (secondary N) is 1. The number of rotatable bonds is 7. The molecule has 0 saturated heterocycles. The molecule has 2 aromatic carbocycles. The summed E-state index contributed by atoms with van der Waals surface area (Å²) in [4.78, 5) is 3.26. The van der Waals surface area contributed by atoms with Crippen LogP contribution in [-0.4, -0.2) is 34.5 Å². The van der Waals surface area contributed by atoms with E-state index in [0.29, 0.717) is 11.6 Å². The van der Waals surface area contributed by atoms with Crippen LogP contribution in [0.5, 0.6) is 17.4 Å². The van der Waals surface area contributed by atoms with Gasteiger partial charge in [0, 0.05) is 24.1 Å². The molecule has 33 heavy (non-hydrogen) atoms. The number of sulfonamides is 1. The van der Waals surface area contributed by atoms with Gasteiger partial charge in [-0.05, 0) is 42.5 Å². The maximum atomic E-state index is 12.6. The number of anilines is 1. The normalized spacial score (nSPS) is 11.7. The third kappa shape index (κ3) is 5.57. The fraction of sp³-hybridized carbons (Fsp3) is 0.0500. The van der Waals surface area contributed by atoms with Crippen LogP contribution >= 0.6 is 0 Å². The lowest BCUT2D eigenvalue weighted by Crippen LogP contribution is -2.20. The number of halogens is 3. The van der Waals surface area contributed by atoms with Crippen LogP contribution in [-0.2, 0) is 10.0 Å². The smallest absolute Gasteiger partial charge is 0.438 e. The predicted molar refractivity (Wildman–Crippen MR) is 110 cm³/mol. The van der Waals surface area contributed by atoms with Gasteiger partial charge in [0.25, 0.3) is 10.0 Å². The van der Waals surface area contributed by atoms with E-state index in [1.165, 1.54) is 36.4 Å². The molecule has 0 atom stereocenters. The molecule has 9 nitrogen and oxygen atoms in total. The molecule has 0 bridgehead atoms. The van der Waals surface area contributed by atoms with E-state index in [0.717, 1.165) is 12.1 Å². The Kier molecular flexibility index (Phi) is 5.87. The van der Waals surface area contributed by atoms with Crippen LogP contribution in [0.4, 0.5) is 18.9 Å². The van der Waals surface area contributed by atoms with E-state index in [4.69, 9.17) is 4.74 Å². The van der Waals surface area contributed by atoms with Crippen LogP contribution in [0.15, 0.2) is 84.3 Å². The van der Waals surface area contributed by atoms with Gasteiger partial charge >= 0.3 is 6.36 Å². The largest absolute Gasteiger partial charge is 0.573 e. The van der Waals surface area contributed by atoms with Gasteiger partial charge in [0.2, 0.25) is 5.88 Å². The second-order valence-electron chi connectivity index (χ2n) is 6.43. The number of hydrogen-bond donors (Lipinski definition) is 1. The summed E-state index contributed by atoms with van der Waals surface area (Å²) < 4.78 is 76.2. The molecular weight excluding hydrogens is 463 g/mol. The van der Waals surface area contributed by atoms with Crippen molar-refractivity contribution in [3.8, 4) is 23.2 Å². The summed E-state index contributed by atoms with van der Waals surface area (Å²) in [5.41, 5.74) is 0.103. The van der Waals surface area contributed by atoms with E-state index in [9.17, 15) is 21.6 Å². The van der Waals surface area contributed by atoms with E-state index in [2.05, 4.69) is 24.6 Å². The first kappa shape index (κ1) is 22.1. The minimum absolute atomic E-state index is 0.103. The average Bonchev–Trinajstić information content (AvgIpc) is 3.30. The maximum Gasteiger partial charge on any atom is 0.573 e. The summed E-state index contributed by atoms with van der Waals surface area (Å²) in [5.74, 6) is 0.239. The highest BCUT2D eigenvalue weighted by atomic mass is 32.2. The summed E-state index contributed by atoms with van der Waals surface area (Å²) in [5, 5.41) is 7.97. The molecule has 2 heterocycles. The maximum absolute atomic E-state index is 12.6. The Balaban J connectivity index is 1.46. The monoisotopic (exact) mass is 477 g/mol. The highest BCUT2D eigenvalue weighted by molar-refractivity contribution is 7.92. The molecule has 0 radical (unpaired) electrons. The Morgan fingerprint density at radius 3 is 2.33 bits per heavy atom. The lowest BCUT2D eigenvalue weighted by Gasteiger charge is -2.14. The summed E-state index contributed by atoms with van der Waals surface area (Å²) in [7, 11) is -4.36. The van der Waals surface area contributed by atoms with Gasteiger partial charge in [0.05, 0.1) is 0 Å². The van der Waals surface area contributed by atoms with Gasteiger partial charge < -0.3 is 9.47 Å². The van der Waals surface area contributed by atoms with Gasteiger partial charge in [-0.15, -0.1) is 23.4 Å². The zero-order valence-electron chi connectivity index (χ0n) is 16.5. The van der Waals surface area contributed by atoms with Gasteiger partial charge in [0.1, 0.15) is 22.7 Å². The van der Waals surface area contributed by atoms with Crippen LogP contribution in [0.1, 0.15) is 0 Å². The number of aromatic nitrogens is 4. The molecule has 4 rings (SSSR count). The average molecular weight is 477 g/mol. The third-order valence-electron chi connectivity index (χ3n) is 4.09. The fourth-order valence-electron chi connectivity index (χ4n) is 2.70. The van der Waals surface area contributed by atoms with Crippen LogP contribution in [0, 0.1) is 0 Å². The summed E-state index contributed by atoms with van der Waals surface area (Å²) >= 11 is 0. The zero-order chi connectivity index (χ0) is 23.5. The number of nitrogens with zero attached hydrogens (tertiary/aromatic N) is 4. The molecule has 0 fully saturated rings. The SMILES string of the molecule is O=S(=O)(Nc1ccc(Oc2ccc(-n3ccnc3)nn2)cc1)c1ccccc1OC(F)(F)F. The van der Waals surface area contributed by atoms with Crippen molar-refractivity contribution in [2.24, 2.45) is 0 Å². The second-order valence-corrected chi connectivity index (χ2v) is 8.08. The molecule has 0 spiro atoms. The fourth-order valence-corrected chi connectivity index (χ4v) is 3.89. The summed E-state index contributed by atoms with van der Waals surface area (Å²) in [6.07, 6.45) is -0.162. The molecule has 4 aromatic rings. The molecule has 2 aromatic heterocycles. The molecule has 0 aliphatic carbocycles. The molecule has 0 amide bonds. The van der Waals surface area contributed by atoms with Gasteiger partial charge in [0.15, 0.2) is 5.82 Å². The van der Waals surface area contributed by atoms with Crippen LogP contribution in [0.25, 0.3) is 5.82 Å². The summed E-state index contributed by atoms with van der Waals surface area (Å²) in [6.45, 7) is 0. The van der Waals surface area contributed by atoms with Gasteiger partial charge in [-0.3, -0.25) is 9.29 Å². The van der Waals surface area contributed by atoms with Crippen molar-refractivity contribution in [2.75, 3.05) is 4.72 Å². The second kappa shape index (κ2) is 8.78. The quantitative estimate of drug-likeness (QED) is 0.426. The number of ether oxygens (including phenoxy) is 2. The molecule has 0 aliphatic heterocycles. The van der Waals surface area contributed by atoms with E-state index >= 15 is 0 Å². The Bertz CT molecular complexity index is 1330. The number of para-hydroxylation sites is 1. The van der Waals surface area contributed by atoms with E-state index < -0.39 is 27.0 Å². The molecule has 0 saturated carbocycles. The number of hydrogen-bond acceptors (Lipinski definition) is 7. The first-order valence-electron chi connectivity index (χ1n) is 9.17. The standard InChI is InChI=1S/C20H14F3N5O4S/c21-20(22,23)32-16-3-1-2-4-17(16)33(29,30)27-14-5-7-15(8-6-14)31-19-10-9-18(25-26-19)28-12-11-24-13-28/h1-13,27H. The highest BCUT2D eigenvalue weighted by Gasteiger charge is 2.34. The number of imidazole rings is 1. The Morgan fingerprint density at radius 1 is 0.939 bits per heavy atom. The minimum atomic E-state index is -5.04. The van der Waals surface area contributed by atoms with Gasteiger partial charge in [-0.1, -0.05) is 12.1 Å². The topological polar surface area (TPSA) is 108 Å². The first-order chi connectivity index (χ1) is 15.7. The molecular formula is C20H14F3N5O4S. The molecule has 0 aliphatic rings. The minimum Gasteiger partial charge on any atom is -0.438 e. The Morgan fingerprint density at radius 2 is 1.70 bits per heavy atom. The van der Waals surface area contributed by atoms with Crippen molar-refractivity contribution in [1.29, 1.82) is 0 Å². The predicted octanol–water partition coefficient (Wildman–Crippen LogP) is 4.15. The van der Waals surface area contributed by atoms with Crippen molar-refractivity contribution >= 4 is 15.7 Å². The lowest BCUT2D eigenvalue weighted by atomic mass is 10.3. The van der Waals surface area contributed by atoms with Gasteiger partial charge in [-0.2, -0.15) is 0 Å². The summed E-state index contributed by atoms with van der Waals surface area (Å²) in [6, 6.07) is 13.4. The van der Waals surface area contributed by atoms with Crippen molar-refractivity contribution < 1.29 is 31.1 Å². The number of benzene rings is 2. The van der Waals surface area contributed by atoms with Crippen molar-refractivity contribution in [3.05, 3.63) is 79.4 Å². The zero-order valence-corrected chi connectivity index (χ0v) is 17.3. The third-order valence-corrected chi connectivity index (χ3v) is 5.51. The van der Waals surface area contributed by atoms with Crippen molar-refractivity contribution in [3.63, 3.8) is 0 Å². The van der Waals surface area contributed by atoms with Crippen LogP contribution in [0.2, 0.25) is 0 Å². The van der Waals surface area contributed by atoms with E-state index in [1.54, 1.807) is 35.4 Å². The highest BCUT2D eigenvalue weighted by Crippen LogP contribution is 2.31. The lowest BCUT2D eigenvalue weighted by molar-refractivity contribution is -0.275. The van der Waals surface area contributed by atoms with Crippen LogP contribution in [0.3, 0.4) is 0 Å². The molecule has 13 heteroatoms. The van der Waals surface area contributed by atoms with Crippen LogP contribution < -0.4 is 14.2 Å². The van der Waals surface area contributed by atoms with E-state index in [1.807, 2.05) is 0 Å². The molecule has 0 unspecified atom stereocenters. The molecule has 170 valence electrons. The van der Waals surface area contributed by atoms with Crippen molar-refractivity contribution in [2.45, 2.75) is 11.3 Å². The van der Waals surface area contributed by atoms with E-state index in [-0.39, 0.29) is 11.6 Å². The first-order valence-corrected chi connectivity index (χ1v) is 10.7. The van der Waals surface area contributed by atoms with Crippen molar-refractivity contribution in [1.82, 2.24) is 19.7 Å². The molecule has 1 N–H and O–H groups in total.